The lowest BCUT2D eigenvalue weighted by Gasteiger charge is -2.33. The lowest BCUT2D eigenvalue weighted by Crippen LogP contribution is -2.50. The van der Waals surface area contributed by atoms with E-state index >= 15 is 0 Å². The Morgan fingerprint density at radius 1 is 1.12 bits per heavy atom. The molecule has 168 valence electrons. The van der Waals surface area contributed by atoms with Crippen molar-refractivity contribution in [3.05, 3.63) is 94.8 Å². The minimum Gasteiger partial charge on any atom is -0.497 e. The van der Waals surface area contributed by atoms with E-state index in [1.807, 2.05) is 37.3 Å². The molecule has 0 saturated carbocycles. The summed E-state index contributed by atoms with van der Waals surface area (Å²) in [7, 11) is 1.58. The van der Waals surface area contributed by atoms with Crippen LogP contribution in [0.1, 0.15) is 27.0 Å². The molecule has 7 heteroatoms. The van der Waals surface area contributed by atoms with Gasteiger partial charge in [0.25, 0.3) is 11.8 Å². The van der Waals surface area contributed by atoms with Gasteiger partial charge >= 0.3 is 0 Å². The fourth-order valence-corrected chi connectivity index (χ4v) is 6.11. The first-order valence-electron chi connectivity index (χ1n) is 10.7. The second kappa shape index (κ2) is 8.23. The summed E-state index contributed by atoms with van der Waals surface area (Å²) in [6.45, 7) is 2.56. The quantitative estimate of drug-likeness (QED) is 0.563. The maximum absolute atomic E-state index is 14.1. The maximum Gasteiger partial charge on any atom is 0.268 e. The van der Waals surface area contributed by atoms with E-state index < -0.39 is 4.87 Å². The summed E-state index contributed by atoms with van der Waals surface area (Å²) < 4.78 is 19.3. The molecular formula is C26H23FN2O3S. The van der Waals surface area contributed by atoms with Crippen molar-refractivity contribution in [3.63, 3.8) is 0 Å². The van der Waals surface area contributed by atoms with Gasteiger partial charge in [-0.2, -0.15) is 0 Å². The predicted molar refractivity (Wildman–Crippen MR) is 127 cm³/mol. The number of aryl methyl sites for hydroxylation is 1. The van der Waals surface area contributed by atoms with Crippen LogP contribution in [0.2, 0.25) is 0 Å². The van der Waals surface area contributed by atoms with Crippen molar-refractivity contribution in [2.75, 3.05) is 24.3 Å². The van der Waals surface area contributed by atoms with Crippen molar-refractivity contribution in [1.82, 2.24) is 4.90 Å². The monoisotopic (exact) mass is 462 g/mol. The van der Waals surface area contributed by atoms with Gasteiger partial charge in [-0.3, -0.25) is 9.59 Å². The molecule has 2 heterocycles. The largest absolute Gasteiger partial charge is 0.497 e. The van der Waals surface area contributed by atoms with E-state index in [4.69, 9.17) is 4.74 Å². The fourth-order valence-electron chi connectivity index (χ4n) is 4.65. The normalized spacial score (nSPS) is 19.3. The van der Waals surface area contributed by atoms with Gasteiger partial charge in [0.2, 0.25) is 0 Å². The molecule has 0 N–H and O–H groups in total. The number of ether oxygens (including phenoxy) is 1. The van der Waals surface area contributed by atoms with Crippen LogP contribution in [0.3, 0.4) is 0 Å². The number of methoxy groups -OCH3 is 1. The van der Waals surface area contributed by atoms with Gasteiger partial charge in [-0.1, -0.05) is 30.3 Å². The van der Waals surface area contributed by atoms with Crippen LogP contribution in [-0.4, -0.2) is 36.1 Å². The number of halogens is 1. The Balaban J connectivity index is 1.63. The minimum atomic E-state index is -1.18. The third-order valence-corrected chi connectivity index (χ3v) is 7.67. The fraction of sp³-hybridized carbons (Fsp3) is 0.231. The number of hydrogen-bond donors (Lipinski definition) is 0. The average molecular weight is 463 g/mol. The number of carbonyl (C=O) groups excluding carboxylic acids is 2. The number of carbonyl (C=O) groups is 2. The van der Waals surface area contributed by atoms with Crippen LogP contribution in [0.25, 0.3) is 0 Å². The van der Waals surface area contributed by atoms with E-state index in [-0.39, 0.29) is 24.2 Å². The van der Waals surface area contributed by atoms with Crippen molar-refractivity contribution in [2.45, 2.75) is 18.3 Å². The molecule has 2 aliphatic heterocycles. The molecule has 5 nitrogen and oxygen atoms in total. The Hall–Kier alpha value is -3.32. The molecular weight excluding hydrogens is 439 g/mol. The van der Waals surface area contributed by atoms with Gasteiger partial charge in [-0.05, 0) is 54.4 Å². The van der Waals surface area contributed by atoms with Gasteiger partial charge in [0.1, 0.15) is 11.6 Å². The van der Waals surface area contributed by atoms with E-state index in [0.717, 1.165) is 11.1 Å². The summed E-state index contributed by atoms with van der Waals surface area (Å²) in [6, 6.07) is 19.1. The molecule has 33 heavy (non-hydrogen) atoms. The molecule has 2 aliphatic rings. The standard InChI is InChI=1S/C26H23FN2O3S/c1-17-6-3-4-9-21(17)24(30)29-12-13-33-26(29)22-15-20(32-2)10-11-23(22)28(25(26)31)16-18-7-5-8-19(27)14-18/h3-11,14-15H,12-13,16H2,1-2H3/t26-/m0/s1. The highest BCUT2D eigenvalue weighted by molar-refractivity contribution is 8.01. The summed E-state index contributed by atoms with van der Waals surface area (Å²) in [6.07, 6.45) is 0. The SMILES string of the molecule is COc1ccc2c(c1)[C@]1(SCCN1C(=O)c1ccccc1C)C(=O)N2Cc1cccc(F)c1. The highest BCUT2D eigenvalue weighted by atomic mass is 32.2. The Morgan fingerprint density at radius 3 is 2.70 bits per heavy atom. The first-order chi connectivity index (χ1) is 16.0. The van der Waals surface area contributed by atoms with Crippen molar-refractivity contribution < 1.29 is 18.7 Å². The molecule has 0 radical (unpaired) electrons. The van der Waals surface area contributed by atoms with Crippen molar-refractivity contribution in [3.8, 4) is 5.75 Å². The van der Waals surface area contributed by atoms with E-state index in [2.05, 4.69) is 0 Å². The molecule has 1 atom stereocenters. The number of fused-ring (bicyclic) bond motifs is 2. The van der Waals surface area contributed by atoms with Gasteiger partial charge in [0, 0.05) is 23.4 Å². The zero-order chi connectivity index (χ0) is 23.2. The van der Waals surface area contributed by atoms with Gasteiger partial charge in [0.05, 0.1) is 19.3 Å². The van der Waals surface area contributed by atoms with E-state index in [0.29, 0.717) is 34.9 Å². The lowest BCUT2D eigenvalue weighted by atomic mass is 10.0. The van der Waals surface area contributed by atoms with E-state index in [1.165, 1.54) is 23.9 Å². The Bertz CT molecular complexity index is 1260. The number of benzene rings is 3. The third-order valence-electron chi connectivity index (χ3n) is 6.25. The first kappa shape index (κ1) is 21.5. The summed E-state index contributed by atoms with van der Waals surface area (Å²) in [5, 5.41) is 0. The zero-order valence-electron chi connectivity index (χ0n) is 18.4. The first-order valence-corrected chi connectivity index (χ1v) is 11.7. The van der Waals surface area contributed by atoms with Gasteiger partial charge in [-0.15, -0.1) is 11.8 Å². The molecule has 1 spiro atoms. The van der Waals surface area contributed by atoms with Gasteiger partial charge in [-0.25, -0.2) is 4.39 Å². The number of thioether (sulfide) groups is 1. The van der Waals surface area contributed by atoms with Crippen molar-refractivity contribution in [1.29, 1.82) is 0 Å². The Kier molecular flexibility index (Phi) is 5.37. The molecule has 5 rings (SSSR count). The van der Waals surface area contributed by atoms with E-state index in [9.17, 15) is 14.0 Å². The average Bonchev–Trinajstić information content (AvgIpc) is 3.36. The second-order valence-corrected chi connectivity index (χ2v) is 9.46. The maximum atomic E-state index is 14.1. The molecule has 3 aromatic carbocycles. The van der Waals surface area contributed by atoms with Crippen molar-refractivity contribution in [2.24, 2.45) is 0 Å². The minimum absolute atomic E-state index is 0.173. The number of rotatable bonds is 4. The van der Waals surface area contributed by atoms with Crippen LogP contribution in [0.4, 0.5) is 10.1 Å². The van der Waals surface area contributed by atoms with Crippen LogP contribution in [0.15, 0.2) is 66.7 Å². The second-order valence-electron chi connectivity index (χ2n) is 8.17. The Morgan fingerprint density at radius 2 is 1.94 bits per heavy atom. The van der Waals surface area contributed by atoms with Crippen LogP contribution >= 0.6 is 11.8 Å². The van der Waals surface area contributed by atoms with Gasteiger partial charge < -0.3 is 14.5 Å². The van der Waals surface area contributed by atoms with E-state index in [1.54, 1.807) is 41.2 Å². The molecule has 3 aromatic rings. The summed E-state index contributed by atoms with van der Waals surface area (Å²) in [4.78, 5) is 29.9. The number of hydrogen-bond acceptors (Lipinski definition) is 4. The lowest BCUT2D eigenvalue weighted by molar-refractivity contribution is -0.123. The summed E-state index contributed by atoms with van der Waals surface area (Å²) >= 11 is 1.46. The van der Waals surface area contributed by atoms with Crippen LogP contribution in [0.5, 0.6) is 5.75 Å². The molecule has 0 bridgehead atoms. The highest BCUT2D eigenvalue weighted by Gasteiger charge is 2.59. The van der Waals surface area contributed by atoms with Crippen LogP contribution in [-0.2, 0) is 16.2 Å². The zero-order valence-corrected chi connectivity index (χ0v) is 19.2. The van der Waals surface area contributed by atoms with Crippen LogP contribution < -0.4 is 9.64 Å². The molecule has 0 aromatic heterocycles. The Labute approximate surface area is 196 Å². The molecule has 2 amide bonds. The highest BCUT2D eigenvalue weighted by Crippen LogP contribution is 2.55. The molecule has 1 fully saturated rings. The third kappa shape index (κ3) is 3.38. The summed E-state index contributed by atoms with van der Waals surface area (Å²) in [5.74, 6) is 0.528. The van der Waals surface area contributed by atoms with Gasteiger partial charge in [0.15, 0.2) is 4.87 Å². The smallest absolute Gasteiger partial charge is 0.268 e. The molecule has 0 unspecified atom stereocenters. The number of nitrogens with zero attached hydrogens (tertiary/aromatic N) is 2. The summed E-state index contributed by atoms with van der Waals surface area (Å²) in [5.41, 5.74) is 3.57. The predicted octanol–water partition coefficient (Wildman–Crippen LogP) is 4.73. The number of anilines is 1. The topological polar surface area (TPSA) is 49.9 Å². The molecule has 0 aliphatic carbocycles. The molecule has 1 saturated heterocycles. The van der Waals surface area contributed by atoms with Crippen LogP contribution in [0, 0.1) is 12.7 Å². The number of amides is 2. The van der Waals surface area contributed by atoms with Crippen molar-refractivity contribution >= 4 is 29.3 Å².